The first-order valence-electron chi connectivity index (χ1n) is 6.62. The normalized spacial score (nSPS) is 17.3. The molecule has 11 heteroatoms. The van der Waals surface area contributed by atoms with Gasteiger partial charge in [0.2, 0.25) is 17.9 Å². The van der Waals surface area contributed by atoms with E-state index in [2.05, 4.69) is 20.6 Å². The SMILES string of the molecule is O=C(Nc1n[nH]c(C(F)(F)F)n1)C1CC(c2cccc(F)c2)=NO1. The van der Waals surface area contributed by atoms with Gasteiger partial charge in [0.05, 0.1) is 5.71 Å². The lowest BCUT2D eigenvalue weighted by atomic mass is 10.0. The summed E-state index contributed by atoms with van der Waals surface area (Å²) in [7, 11) is 0. The molecule has 7 nitrogen and oxygen atoms in total. The Morgan fingerprint density at radius 2 is 2.17 bits per heavy atom. The van der Waals surface area contributed by atoms with Crippen LogP contribution in [0.4, 0.5) is 23.5 Å². The van der Waals surface area contributed by atoms with Gasteiger partial charge in [-0.1, -0.05) is 17.3 Å². The van der Waals surface area contributed by atoms with E-state index in [1.54, 1.807) is 11.2 Å². The largest absolute Gasteiger partial charge is 0.451 e. The van der Waals surface area contributed by atoms with Crippen LogP contribution in [0.5, 0.6) is 0 Å². The Morgan fingerprint density at radius 1 is 1.38 bits per heavy atom. The number of halogens is 4. The highest BCUT2D eigenvalue weighted by Crippen LogP contribution is 2.26. The molecule has 1 aliphatic rings. The van der Waals surface area contributed by atoms with Crippen LogP contribution in [0.2, 0.25) is 0 Å². The highest BCUT2D eigenvalue weighted by molar-refractivity contribution is 6.05. The fourth-order valence-electron chi connectivity index (χ4n) is 1.99. The second-order valence-electron chi connectivity index (χ2n) is 4.84. The Labute approximate surface area is 131 Å². The number of rotatable bonds is 3. The van der Waals surface area contributed by atoms with Crippen molar-refractivity contribution in [1.29, 1.82) is 0 Å². The lowest BCUT2D eigenvalue weighted by molar-refractivity contribution is -0.144. The Hall–Kier alpha value is -2.98. The molecule has 126 valence electrons. The number of H-pyrrole nitrogens is 1. The van der Waals surface area contributed by atoms with Gasteiger partial charge in [-0.15, -0.1) is 5.10 Å². The molecule has 0 spiro atoms. The number of benzene rings is 1. The minimum absolute atomic E-state index is 0.0336. The summed E-state index contributed by atoms with van der Waals surface area (Å²) in [6.07, 6.45) is -5.74. The van der Waals surface area contributed by atoms with Crippen LogP contribution in [-0.2, 0) is 15.8 Å². The van der Waals surface area contributed by atoms with Crippen molar-refractivity contribution in [1.82, 2.24) is 15.2 Å². The molecular weight excluding hydrogens is 334 g/mol. The molecule has 1 unspecified atom stereocenters. The number of hydrogen-bond donors (Lipinski definition) is 2. The summed E-state index contributed by atoms with van der Waals surface area (Å²) in [5, 5.41) is 10.7. The van der Waals surface area contributed by atoms with Crippen LogP contribution in [-0.4, -0.2) is 32.9 Å². The zero-order valence-corrected chi connectivity index (χ0v) is 11.8. The van der Waals surface area contributed by atoms with E-state index in [-0.39, 0.29) is 6.42 Å². The standard InChI is InChI=1S/C13H9F4N5O2/c14-7-3-1-2-6(4-7)8-5-9(24-22-8)10(23)18-12-19-11(20-21-12)13(15,16)17/h1-4,9H,5H2,(H2,18,19,20,21,23). The number of carbonyl (C=O) groups excluding carboxylic acids is 1. The summed E-state index contributed by atoms with van der Waals surface area (Å²) in [5.41, 5.74) is 0.795. The van der Waals surface area contributed by atoms with Crippen molar-refractivity contribution < 1.29 is 27.2 Å². The van der Waals surface area contributed by atoms with E-state index in [4.69, 9.17) is 4.84 Å². The fourth-order valence-corrected chi connectivity index (χ4v) is 1.99. The highest BCUT2D eigenvalue weighted by Gasteiger charge is 2.36. The zero-order chi connectivity index (χ0) is 17.3. The molecule has 1 amide bonds. The monoisotopic (exact) mass is 343 g/mol. The number of carbonyl (C=O) groups is 1. The van der Waals surface area contributed by atoms with Gasteiger partial charge in [0.15, 0.2) is 0 Å². The Balaban J connectivity index is 1.63. The third-order valence-corrected chi connectivity index (χ3v) is 3.11. The minimum Gasteiger partial charge on any atom is -0.382 e. The number of alkyl halides is 3. The highest BCUT2D eigenvalue weighted by atomic mass is 19.4. The molecule has 24 heavy (non-hydrogen) atoms. The summed E-state index contributed by atoms with van der Waals surface area (Å²) in [6.45, 7) is 0. The summed E-state index contributed by atoms with van der Waals surface area (Å²) < 4.78 is 50.3. The number of aromatic nitrogens is 3. The molecule has 2 N–H and O–H groups in total. The van der Waals surface area contributed by atoms with Gasteiger partial charge in [-0.05, 0) is 12.1 Å². The maximum atomic E-state index is 13.2. The maximum Gasteiger partial charge on any atom is 0.451 e. The predicted molar refractivity (Wildman–Crippen MR) is 72.4 cm³/mol. The van der Waals surface area contributed by atoms with Gasteiger partial charge in [-0.3, -0.25) is 15.2 Å². The number of nitrogens with zero attached hydrogens (tertiary/aromatic N) is 3. The maximum absolute atomic E-state index is 13.2. The average molecular weight is 343 g/mol. The second kappa shape index (κ2) is 5.91. The van der Waals surface area contributed by atoms with Crippen molar-refractivity contribution in [2.24, 2.45) is 5.16 Å². The van der Waals surface area contributed by atoms with E-state index in [1.807, 2.05) is 0 Å². The molecule has 0 aliphatic carbocycles. The van der Waals surface area contributed by atoms with E-state index < -0.39 is 35.8 Å². The smallest absolute Gasteiger partial charge is 0.382 e. The average Bonchev–Trinajstić information content (AvgIpc) is 3.15. The zero-order valence-electron chi connectivity index (χ0n) is 11.8. The topological polar surface area (TPSA) is 92.3 Å². The van der Waals surface area contributed by atoms with Crippen LogP contribution < -0.4 is 5.32 Å². The molecule has 1 aliphatic heterocycles. The summed E-state index contributed by atoms with van der Waals surface area (Å²) in [6, 6.07) is 5.56. The van der Waals surface area contributed by atoms with Crippen molar-refractivity contribution in [2.75, 3.05) is 5.32 Å². The van der Waals surface area contributed by atoms with Crippen LogP contribution in [0.3, 0.4) is 0 Å². The molecule has 1 atom stereocenters. The first-order chi connectivity index (χ1) is 11.3. The molecule has 3 rings (SSSR count). The number of oxime groups is 1. The van der Waals surface area contributed by atoms with E-state index in [0.717, 1.165) is 0 Å². The molecule has 0 bridgehead atoms. The molecule has 2 aromatic rings. The number of anilines is 1. The molecule has 0 fully saturated rings. The van der Waals surface area contributed by atoms with Gasteiger partial charge in [0.25, 0.3) is 5.91 Å². The van der Waals surface area contributed by atoms with Gasteiger partial charge < -0.3 is 4.84 Å². The van der Waals surface area contributed by atoms with Gasteiger partial charge >= 0.3 is 6.18 Å². The Morgan fingerprint density at radius 3 is 2.83 bits per heavy atom. The van der Waals surface area contributed by atoms with E-state index >= 15 is 0 Å². The summed E-state index contributed by atoms with van der Waals surface area (Å²) >= 11 is 0. The number of amides is 1. The Bertz CT molecular complexity index is 802. The lowest BCUT2D eigenvalue weighted by Crippen LogP contribution is -2.28. The first kappa shape index (κ1) is 15.9. The lowest BCUT2D eigenvalue weighted by Gasteiger charge is -2.06. The number of hydrogen-bond acceptors (Lipinski definition) is 5. The molecule has 1 aromatic carbocycles. The van der Waals surface area contributed by atoms with Gasteiger partial charge in [-0.2, -0.15) is 18.2 Å². The van der Waals surface area contributed by atoms with Crippen molar-refractivity contribution >= 4 is 17.6 Å². The van der Waals surface area contributed by atoms with E-state index in [1.165, 1.54) is 18.2 Å². The number of nitrogens with one attached hydrogen (secondary N) is 2. The second-order valence-corrected chi connectivity index (χ2v) is 4.84. The summed E-state index contributed by atoms with van der Waals surface area (Å²) in [5.74, 6) is -3.10. The van der Waals surface area contributed by atoms with Crippen molar-refractivity contribution in [3.63, 3.8) is 0 Å². The fraction of sp³-hybridized carbons (Fsp3) is 0.231. The minimum atomic E-state index is -4.70. The van der Waals surface area contributed by atoms with Gasteiger partial charge in [0.1, 0.15) is 5.82 Å². The first-order valence-corrected chi connectivity index (χ1v) is 6.62. The Kier molecular flexibility index (Phi) is 3.91. The van der Waals surface area contributed by atoms with E-state index in [0.29, 0.717) is 11.3 Å². The van der Waals surface area contributed by atoms with Gasteiger partial charge in [0, 0.05) is 12.0 Å². The van der Waals surface area contributed by atoms with Crippen molar-refractivity contribution in [2.45, 2.75) is 18.7 Å². The molecule has 1 aromatic heterocycles. The van der Waals surface area contributed by atoms with E-state index in [9.17, 15) is 22.4 Å². The van der Waals surface area contributed by atoms with Crippen LogP contribution >= 0.6 is 0 Å². The molecule has 0 saturated heterocycles. The third kappa shape index (κ3) is 3.34. The number of aromatic amines is 1. The molecule has 2 heterocycles. The molecule has 0 saturated carbocycles. The molecule has 0 radical (unpaired) electrons. The van der Waals surface area contributed by atoms with Crippen molar-refractivity contribution in [3.05, 3.63) is 41.5 Å². The van der Waals surface area contributed by atoms with Crippen LogP contribution in [0.1, 0.15) is 17.8 Å². The van der Waals surface area contributed by atoms with Gasteiger partial charge in [-0.25, -0.2) is 4.39 Å². The quantitative estimate of drug-likeness (QED) is 0.835. The predicted octanol–water partition coefficient (Wildman–Crippen LogP) is 2.09. The summed E-state index contributed by atoms with van der Waals surface area (Å²) in [4.78, 5) is 20.0. The van der Waals surface area contributed by atoms with Crippen molar-refractivity contribution in [3.8, 4) is 0 Å². The molecular formula is C13H9F4N5O2. The third-order valence-electron chi connectivity index (χ3n) is 3.11. The van der Waals surface area contributed by atoms with Crippen LogP contribution in [0.25, 0.3) is 0 Å². The van der Waals surface area contributed by atoms with Crippen LogP contribution in [0, 0.1) is 5.82 Å². The van der Waals surface area contributed by atoms with Crippen LogP contribution in [0.15, 0.2) is 29.4 Å².